The van der Waals surface area contributed by atoms with Gasteiger partial charge in [-0.05, 0) is 154 Å². The van der Waals surface area contributed by atoms with E-state index in [9.17, 15) is 72.2 Å². The number of carbonyl (C=O) groups is 14. The van der Waals surface area contributed by atoms with Crippen molar-refractivity contribution < 1.29 is 72.2 Å². The lowest BCUT2D eigenvalue weighted by Gasteiger charge is -2.33. The second kappa shape index (κ2) is 48.0. The number of amides is 13. The number of rotatable bonds is 50. The third kappa shape index (κ3) is 33.2. The molecule has 0 radical (unpaired) electrons. The van der Waals surface area contributed by atoms with Crippen LogP contribution < -0.4 is 105 Å². The average Bonchev–Trinajstić information content (AvgIpc) is 1.63. The van der Waals surface area contributed by atoms with Crippen LogP contribution in [-0.4, -0.2) is 235 Å². The highest BCUT2D eigenvalue weighted by atomic mass is 16.4. The number of hydrogen-bond donors (Lipinski definition) is 20. The summed E-state index contributed by atoms with van der Waals surface area (Å²) in [6.07, 6.45) is 4.92. The van der Waals surface area contributed by atoms with Crippen LogP contribution in [0.3, 0.4) is 0 Å². The molecule has 2 aliphatic rings. The summed E-state index contributed by atoms with van der Waals surface area (Å²) >= 11 is 0. The number of likely N-dealkylation sites (tertiary alicyclic amines) is 2. The Morgan fingerprint density at radius 1 is 0.480 bits per heavy atom. The molecular weight excluding hydrogens is 1330 g/mol. The highest BCUT2D eigenvalue weighted by Gasteiger charge is 2.45. The van der Waals surface area contributed by atoms with Crippen LogP contribution in [0.2, 0.25) is 0 Å². The summed E-state index contributed by atoms with van der Waals surface area (Å²) < 4.78 is 0. The van der Waals surface area contributed by atoms with Crippen LogP contribution in [-0.2, 0) is 67.1 Å². The zero-order chi connectivity index (χ0) is 76.6. The number of aliphatic carboxylic acids is 1. The fraction of sp³-hybridized carbons (Fsp3) is 0.750. The minimum atomic E-state index is -1.53. The predicted octanol–water partition coefficient (Wildman–Crippen LogP) is -6.64. The van der Waals surface area contributed by atoms with E-state index in [4.69, 9.17) is 51.6 Å². The van der Waals surface area contributed by atoms with Gasteiger partial charge in [0.1, 0.15) is 60.4 Å². The zero-order valence-electron chi connectivity index (χ0n) is 59.9. The molecule has 0 aliphatic carbocycles. The number of carboxylic acid groups (broad SMARTS) is 1. The number of nitrogens with zero attached hydrogens (tertiary/aromatic N) is 4. The Hall–Kier alpha value is -9.04. The molecule has 0 aromatic rings. The maximum Gasteiger partial charge on any atom is 0.326 e. The molecule has 13 amide bonds. The lowest BCUT2D eigenvalue weighted by atomic mass is 9.97. The van der Waals surface area contributed by atoms with Gasteiger partial charge in [0.15, 0.2) is 11.9 Å². The normalized spacial score (nSPS) is 17.0. The quantitative estimate of drug-likeness (QED) is 0.0153. The first-order valence-electron chi connectivity index (χ1n) is 35.4. The van der Waals surface area contributed by atoms with Crippen LogP contribution in [0.4, 0.5) is 0 Å². The van der Waals surface area contributed by atoms with Crippen molar-refractivity contribution in [3.8, 4) is 0 Å². The number of unbranched alkanes of at least 4 members (excludes halogenated alkanes) is 3. The molecule has 2 fully saturated rings. The molecule has 38 nitrogen and oxygen atoms in total. The first kappa shape index (κ1) is 89.0. The molecule has 0 unspecified atom stereocenters. The first-order chi connectivity index (χ1) is 48.3. The van der Waals surface area contributed by atoms with Crippen molar-refractivity contribution >= 4 is 94.7 Å². The molecule has 0 aromatic heterocycles. The summed E-state index contributed by atoms with van der Waals surface area (Å²) in [5, 5.41) is 35.2. The smallest absolute Gasteiger partial charge is 0.326 e. The molecule has 29 N–H and O–H groups in total. The summed E-state index contributed by atoms with van der Waals surface area (Å²) in [5.41, 5.74) is 50.5. The summed E-state index contributed by atoms with van der Waals surface area (Å²) in [4.78, 5) is 201. The van der Waals surface area contributed by atoms with E-state index >= 15 is 0 Å². The van der Waals surface area contributed by atoms with Crippen LogP contribution in [0.15, 0.2) is 9.98 Å². The zero-order valence-corrected chi connectivity index (χ0v) is 59.9. The second-order valence-corrected chi connectivity index (χ2v) is 26.2. The number of hydrogen-bond acceptors (Lipinski definition) is 20. The topological polar surface area (TPSA) is 645 Å². The Morgan fingerprint density at radius 2 is 0.941 bits per heavy atom. The monoisotopic (exact) mass is 1450 g/mol. The van der Waals surface area contributed by atoms with Gasteiger partial charge < -0.3 is 120 Å². The molecule has 2 rings (SSSR count). The van der Waals surface area contributed by atoms with E-state index in [-0.39, 0.29) is 108 Å². The molecule has 12 atom stereocenters. The van der Waals surface area contributed by atoms with E-state index in [0.29, 0.717) is 83.7 Å². The number of primary amides is 1. The molecule has 578 valence electrons. The SMILES string of the molecule is CC[C@H](C)[C@H](NC(=O)[C@H](CCC(N)=O)NC(=O)CNC(=O)[C@H](CC(C)C)NC(=O)[C@H](CCCCN)NC(=O)[C@@H]1CCCN1C(=O)[C@@H]1CCCN1C(=O)[C@H](CCCN=C(N)N)NC(=O)[C@@H](N)CCCCN)C(=O)NCC(=O)N[C@@H](CCCN=C(N)N)C(=O)N[C@@H](C)C(=O)N[C@@H](CCCCN)C(=O)O. The summed E-state index contributed by atoms with van der Waals surface area (Å²) in [7, 11) is 0. The number of guanidine groups is 2. The molecule has 0 aromatic carbocycles. The van der Waals surface area contributed by atoms with Crippen LogP contribution in [0.1, 0.15) is 169 Å². The van der Waals surface area contributed by atoms with Crippen molar-refractivity contribution in [1.29, 1.82) is 0 Å². The second-order valence-electron chi connectivity index (χ2n) is 26.2. The van der Waals surface area contributed by atoms with Gasteiger partial charge in [0, 0.05) is 32.6 Å². The van der Waals surface area contributed by atoms with Crippen LogP contribution in [0.5, 0.6) is 0 Å². The van der Waals surface area contributed by atoms with Gasteiger partial charge in [0.25, 0.3) is 0 Å². The number of carboxylic acids is 1. The van der Waals surface area contributed by atoms with Gasteiger partial charge in [0.2, 0.25) is 76.8 Å². The third-order valence-electron chi connectivity index (χ3n) is 17.3. The van der Waals surface area contributed by atoms with E-state index in [1.165, 1.54) is 16.7 Å². The molecule has 0 saturated carbocycles. The van der Waals surface area contributed by atoms with Crippen molar-refractivity contribution in [1.82, 2.24) is 63.0 Å². The number of nitrogens with two attached hydrogens (primary N) is 9. The van der Waals surface area contributed by atoms with Gasteiger partial charge in [0.05, 0.1) is 19.1 Å². The Balaban J connectivity index is 2.26. The first-order valence-corrected chi connectivity index (χ1v) is 35.4. The largest absolute Gasteiger partial charge is 0.480 e. The maximum absolute atomic E-state index is 14.6. The van der Waals surface area contributed by atoms with Crippen molar-refractivity contribution in [2.75, 3.05) is 58.9 Å². The Labute approximate surface area is 596 Å². The van der Waals surface area contributed by atoms with Crippen LogP contribution >= 0.6 is 0 Å². The molecule has 2 heterocycles. The van der Waals surface area contributed by atoms with Gasteiger partial charge in [-0.3, -0.25) is 72.3 Å². The Kier molecular flexibility index (Phi) is 41.9. The standard InChI is InChI=1S/C64H117N23O15/c1-6-37(4)51(59(98)77-35-50(90)79-40(20-13-29-74-63(70)71)55(94)78-38(5)52(91)83-44(62(101)102)19-9-12-28-67)85-57(96)42(24-25-48(69)88)80-49(89)34-76-54(93)45(33-36(2)3)84-56(95)41(18-8-11-27-66)81-58(97)46-22-15-31-86(46)61(100)47-23-16-32-87(47)60(99)43(21-14-30-75-64(72)73)82-53(92)39(68)17-7-10-26-65/h36-47,51H,6-35,65-68H2,1-5H3,(H2,69,88)(H,76,93)(H,77,98)(H,78,94)(H,79,90)(H,80,89)(H,81,97)(H,82,92)(H,83,91)(H,84,95)(H,85,96)(H,101,102)(H4,70,71,74)(H4,72,73,75)/t37-,38-,39-,40-,41-,42-,43-,44-,45-,46-,47-,51-/m0/s1. The van der Waals surface area contributed by atoms with Gasteiger partial charge >= 0.3 is 5.97 Å². The number of carbonyl (C=O) groups excluding carboxylic acids is 13. The van der Waals surface area contributed by atoms with E-state index in [0.717, 1.165) is 0 Å². The minimum absolute atomic E-state index is 0.0431. The highest BCUT2D eigenvalue weighted by molar-refractivity contribution is 5.99. The maximum atomic E-state index is 14.6. The lowest BCUT2D eigenvalue weighted by Crippen LogP contribution is -2.59. The van der Waals surface area contributed by atoms with E-state index in [1.807, 2.05) is 0 Å². The molecule has 2 aliphatic heterocycles. The molecule has 0 bridgehead atoms. The van der Waals surface area contributed by atoms with E-state index in [2.05, 4.69) is 63.2 Å². The molecule has 38 heteroatoms. The van der Waals surface area contributed by atoms with Gasteiger partial charge in [-0.15, -0.1) is 0 Å². The van der Waals surface area contributed by atoms with Crippen LogP contribution in [0.25, 0.3) is 0 Å². The fourth-order valence-electron chi connectivity index (χ4n) is 11.4. The average molecular weight is 1450 g/mol. The number of nitrogens with one attached hydrogen (secondary N) is 10. The molecule has 102 heavy (non-hydrogen) atoms. The van der Waals surface area contributed by atoms with Gasteiger partial charge in [-0.2, -0.15) is 0 Å². The highest BCUT2D eigenvalue weighted by Crippen LogP contribution is 2.27. The lowest BCUT2D eigenvalue weighted by molar-refractivity contribution is -0.148. The summed E-state index contributed by atoms with van der Waals surface area (Å²) in [5.74, 6) is -12.4. The van der Waals surface area contributed by atoms with Crippen molar-refractivity contribution in [2.45, 2.75) is 236 Å². The van der Waals surface area contributed by atoms with Crippen molar-refractivity contribution in [3.05, 3.63) is 0 Å². The summed E-state index contributed by atoms with van der Waals surface area (Å²) in [6, 6.07) is -13.3. The summed E-state index contributed by atoms with van der Waals surface area (Å²) in [6.45, 7) is 8.25. The van der Waals surface area contributed by atoms with Gasteiger partial charge in [-0.1, -0.05) is 40.5 Å². The van der Waals surface area contributed by atoms with Crippen LogP contribution in [0, 0.1) is 11.8 Å². The van der Waals surface area contributed by atoms with Crippen molar-refractivity contribution in [2.24, 2.45) is 73.4 Å². The van der Waals surface area contributed by atoms with Crippen molar-refractivity contribution in [3.63, 3.8) is 0 Å². The fourth-order valence-corrected chi connectivity index (χ4v) is 11.4. The molecule has 2 saturated heterocycles. The molecular formula is C64H117N23O15. The number of aliphatic imine (C=N–C) groups is 2. The van der Waals surface area contributed by atoms with E-state index < -0.39 is 175 Å². The van der Waals surface area contributed by atoms with Gasteiger partial charge in [-0.25, -0.2) is 4.79 Å². The molecule has 0 spiro atoms. The van der Waals surface area contributed by atoms with E-state index in [1.54, 1.807) is 27.7 Å². The predicted molar refractivity (Wildman–Crippen MR) is 378 cm³/mol. The minimum Gasteiger partial charge on any atom is -0.480 e. The Bertz CT molecular complexity index is 2840. The Morgan fingerprint density at radius 3 is 1.47 bits per heavy atom. The third-order valence-corrected chi connectivity index (χ3v) is 17.3.